The van der Waals surface area contributed by atoms with Crippen LogP contribution in [0.15, 0.2) is 36.4 Å². The summed E-state index contributed by atoms with van der Waals surface area (Å²) in [5.41, 5.74) is 3.62. The number of fused-ring (bicyclic) bond motifs is 4. The predicted molar refractivity (Wildman–Crippen MR) is 191 cm³/mol. The smallest absolute Gasteiger partial charge is 0.264 e. The molecule has 1 N–H and O–H groups in total. The SMILES string of the molecule is C[C@H]([C@@H]1CCC[C@H](C)[C@@H](C)S(=O)(=O)NC(=O)c2ccc3c(c2)N(C[C@@H]2CC[C@H]21)C[C@@]1(CCCc2cc(Cl)ccc21)CO3)N1CCOCC1. The summed E-state index contributed by atoms with van der Waals surface area (Å²) in [7, 11) is -3.87. The number of ether oxygens (including phenoxy) is 2. The Labute approximate surface area is 291 Å². The van der Waals surface area contributed by atoms with Crippen molar-refractivity contribution in [1.29, 1.82) is 0 Å². The molecule has 2 aromatic rings. The Balaban J connectivity index is 1.28. The molecule has 0 unspecified atom stereocenters. The van der Waals surface area contributed by atoms with Crippen LogP contribution in [0.25, 0.3) is 0 Å². The van der Waals surface area contributed by atoms with Gasteiger partial charge in [0.1, 0.15) is 5.75 Å². The number of morpholine rings is 1. The highest BCUT2D eigenvalue weighted by atomic mass is 35.5. The second kappa shape index (κ2) is 13.8. The molecule has 48 heavy (non-hydrogen) atoms. The third kappa shape index (κ3) is 6.61. The Morgan fingerprint density at radius 3 is 2.60 bits per heavy atom. The molecule has 2 aromatic carbocycles. The summed E-state index contributed by atoms with van der Waals surface area (Å²) in [6.07, 6.45) is 8.35. The molecular weight excluding hydrogens is 646 g/mol. The lowest BCUT2D eigenvalue weighted by Crippen LogP contribution is -2.52. The van der Waals surface area contributed by atoms with E-state index in [1.807, 2.05) is 25.1 Å². The van der Waals surface area contributed by atoms with Gasteiger partial charge in [0.15, 0.2) is 0 Å². The van der Waals surface area contributed by atoms with E-state index in [1.165, 1.54) is 24.0 Å². The molecule has 10 heteroatoms. The number of hydrogen-bond donors (Lipinski definition) is 1. The van der Waals surface area contributed by atoms with Gasteiger partial charge in [-0.3, -0.25) is 9.69 Å². The third-order valence-electron chi connectivity index (χ3n) is 12.7. The number of hydrogen-bond acceptors (Lipinski definition) is 7. The first-order chi connectivity index (χ1) is 23.0. The highest BCUT2D eigenvalue weighted by Gasteiger charge is 2.46. The van der Waals surface area contributed by atoms with Gasteiger partial charge in [0.25, 0.3) is 5.91 Å². The standard InChI is InChI=1S/C38H52ClN3O5S/c1-25-6-4-8-32(26(2)41-16-18-46-19-17-41)33-12-9-30(33)22-42-23-38(15-5-7-28-20-31(39)11-13-34(28)38)24-47-36-14-10-29(21-35(36)42)37(43)40-48(44,45)27(25)3/h10-11,13-14,20-21,25-27,30,32-33H,4-9,12,15-19,22-24H2,1-3H3,(H,40,43)/t25-,26+,27+,30-,32-,33+,38-/m0/s1. The van der Waals surface area contributed by atoms with Gasteiger partial charge >= 0.3 is 0 Å². The van der Waals surface area contributed by atoms with E-state index in [2.05, 4.69) is 33.6 Å². The third-order valence-corrected chi connectivity index (χ3v) is 14.9. The number of benzene rings is 2. The number of anilines is 1. The molecule has 2 aliphatic carbocycles. The van der Waals surface area contributed by atoms with Crippen molar-refractivity contribution in [2.75, 3.05) is 50.9 Å². The molecule has 7 atom stereocenters. The Hall–Kier alpha value is -2.33. The number of carbonyl (C=O) groups is 1. The van der Waals surface area contributed by atoms with Gasteiger partial charge in [-0.15, -0.1) is 0 Å². The molecule has 1 saturated heterocycles. The van der Waals surface area contributed by atoms with E-state index in [4.69, 9.17) is 21.1 Å². The molecule has 1 spiro atoms. The van der Waals surface area contributed by atoms with Gasteiger partial charge in [-0.25, -0.2) is 13.1 Å². The first-order valence-electron chi connectivity index (χ1n) is 18.2. The van der Waals surface area contributed by atoms with Crippen molar-refractivity contribution in [3.8, 4) is 5.75 Å². The van der Waals surface area contributed by atoms with Crippen molar-refractivity contribution in [3.05, 3.63) is 58.1 Å². The van der Waals surface area contributed by atoms with E-state index in [0.29, 0.717) is 36.0 Å². The van der Waals surface area contributed by atoms with Crippen molar-refractivity contribution < 1.29 is 22.7 Å². The molecule has 2 bridgehead atoms. The van der Waals surface area contributed by atoms with E-state index in [0.717, 1.165) is 94.4 Å². The van der Waals surface area contributed by atoms with Crippen LogP contribution in [0.2, 0.25) is 5.02 Å². The number of rotatable bonds is 2. The van der Waals surface area contributed by atoms with Gasteiger partial charge < -0.3 is 14.4 Å². The fourth-order valence-corrected chi connectivity index (χ4v) is 11.0. The number of aryl methyl sites for hydroxylation is 1. The van der Waals surface area contributed by atoms with Crippen LogP contribution in [0.3, 0.4) is 0 Å². The normalized spacial score (nSPS) is 33.3. The van der Waals surface area contributed by atoms with Crippen molar-refractivity contribution in [2.45, 2.75) is 88.8 Å². The van der Waals surface area contributed by atoms with Crippen LogP contribution in [-0.4, -0.2) is 76.5 Å². The van der Waals surface area contributed by atoms with Gasteiger partial charge in [-0.05, 0) is 124 Å². The van der Waals surface area contributed by atoms with E-state index in [9.17, 15) is 13.2 Å². The van der Waals surface area contributed by atoms with E-state index in [-0.39, 0.29) is 11.3 Å². The number of nitrogens with zero attached hydrogens (tertiary/aromatic N) is 2. The molecule has 3 aliphatic heterocycles. The number of amides is 1. The highest BCUT2D eigenvalue weighted by molar-refractivity contribution is 7.90. The first kappa shape index (κ1) is 34.1. The van der Waals surface area contributed by atoms with Crippen molar-refractivity contribution in [3.63, 3.8) is 0 Å². The van der Waals surface area contributed by atoms with Gasteiger partial charge in [-0.2, -0.15) is 0 Å². The molecule has 2 fully saturated rings. The minimum Gasteiger partial charge on any atom is -0.490 e. The Bertz CT molecular complexity index is 1610. The molecule has 8 nitrogen and oxygen atoms in total. The van der Waals surface area contributed by atoms with Crippen molar-refractivity contribution in [1.82, 2.24) is 9.62 Å². The molecule has 0 aromatic heterocycles. The average Bonchev–Trinajstić information content (AvgIpc) is 3.21. The lowest BCUT2D eigenvalue weighted by Gasteiger charge is -2.50. The average molecular weight is 698 g/mol. The summed E-state index contributed by atoms with van der Waals surface area (Å²) in [4.78, 5) is 18.7. The molecule has 1 amide bonds. The van der Waals surface area contributed by atoms with Crippen LogP contribution in [0.5, 0.6) is 5.75 Å². The monoisotopic (exact) mass is 697 g/mol. The zero-order valence-corrected chi connectivity index (χ0v) is 30.3. The van der Waals surface area contributed by atoms with Gasteiger partial charge in [0.2, 0.25) is 10.0 Å². The Morgan fingerprint density at radius 1 is 1.02 bits per heavy atom. The number of nitrogens with one attached hydrogen (secondary N) is 1. The summed E-state index contributed by atoms with van der Waals surface area (Å²) in [5, 5.41) is 0.0852. The van der Waals surface area contributed by atoms with Crippen LogP contribution in [0.1, 0.15) is 87.2 Å². The lowest BCUT2D eigenvalue weighted by molar-refractivity contribution is -0.0220. The van der Waals surface area contributed by atoms with Crippen LogP contribution in [0.4, 0.5) is 5.69 Å². The van der Waals surface area contributed by atoms with E-state index in [1.54, 1.807) is 13.0 Å². The quantitative estimate of drug-likeness (QED) is 0.386. The number of sulfonamides is 1. The number of halogens is 1. The maximum atomic E-state index is 13.6. The lowest BCUT2D eigenvalue weighted by atomic mass is 9.63. The maximum absolute atomic E-state index is 13.6. The highest BCUT2D eigenvalue weighted by Crippen LogP contribution is 2.49. The molecule has 262 valence electrons. The molecule has 7 rings (SSSR count). The molecule has 1 saturated carbocycles. The molecule has 5 aliphatic rings. The van der Waals surface area contributed by atoms with Crippen LogP contribution in [-0.2, 0) is 26.6 Å². The summed E-state index contributed by atoms with van der Waals surface area (Å²) >= 11 is 6.48. The van der Waals surface area contributed by atoms with Crippen LogP contribution in [0, 0.1) is 23.7 Å². The van der Waals surface area contributed by atoms with Crippen molar-refractivity contribution in [2.24, 2.45) is 23.7 Å². The van der Waals surface area contributed by atoms with Crippen molar-refractivity contribution >= 4 is 33.2 Å². The first-order valence-corrected chi connectivity index (χ1v) is 20.2. The van der Waals surface area contributed by atoms with E-state index >= 15 is 0 Å². The maximum Gasteiger partial charge on any atom is 0.264 e. The minimum absolute atomic E-state index is 0.0693. The Morgan fingerprint density at radius 2 is 1.83 bits per heavy atom. The van der Waals surface area contributed by atoms with Gasteiger partial charge in [0, 0.05) is 48.2 Å². The van der Waals surface area contributed by atoms with Gasteiger partial charge in [0.05, 0.1) is 30.8 Å². The largest absolute Gasteiger partial charge is 0.490 e. The Kier molecular flexibility index (Phi) is 9.79. The second-order valence-electron chi connectivity index (χ2n) is 15.4. The summed E-state index contributed by atoms with van der Waals surface area (Å²) < 4.78 is 41.8. The van der Waals surface area contributed by atoms with Gasteiger partial charge in [-0.1, -0.05) is 31.0 Å². The fourth-order valence-electron chi connectivity index (χ4n) is 9.49. The topological polar surface area (TPSA) is 88.2 Å². The molecule has 0 radical (unpaired) electrons. The predicted octanol–water partition coefficient (Wildman–Crippen LogP) is 6.44. The summed E-state index contributed by atoms with van der Waals surface area (Å²) in [6.45, 7) is 11.9. The number of carbonyl (C=O) groups excluding carboxylic acids is 1. The molecule has 3 heterocycles. The zero-order valence-electron chi connectivity index (χ0n) is 28.8. The van der Waals surface area contributed by atoms with Crippen LogP contribution < -0.4 is 14.4 Å². The van der Waals surface area contributed by atoms with E-state index < -0.39 is 21.2 Å². The second-order valence-corrected chi connectivity index (χ2v) is 17.9. The summed E-state index contributed by atoms with van der Waals surface area (Å²) in [6, 6.07) is 12.2. The zero-order chi connectivity index (χ0) is 33.6. The minimum atomic E-state index is -3.87. The molecular formula is C38H52ClN3O5S. The fraction of sp³-hybridized carbons (Fsp3) is 0.658. The van der Waals surface area contributed by atoms with Crippen LogP contribution >= 0.6 is 11.6 Å². The summed E-state index contributed by atoms with van der Waals surface area (Å²) in [5.74, 6) is 1.73.